The van der Waals surface area contributed by atoms with Crippen molar-refractivity contribution < 1.29 is 9.84 Å². The van der Waals surface area contributed by atoms with Crippen LogP contribution in [0.25, 0.3) is 0 Å². The van der Waals surface area contributed by atoms with Crippen molar-refractivity contribution in [2.24, 2.45) is 0 Å². The topological polar surface area (TPSA) is 54.4 Å². The number of ether oxygens (including phenoxy) is 1. The van der Waals surface area contributed by atoms with E-state index in [4.69, 9.17) is 4.74 Å². The normalized spacial score (nSPS) is 10.5. The Balaban J connectivity index is 1.99. The molecule has 0 unspecified atom stereocenters. The third-order valence-electron chi connectivity index (χ3n) is 3.26. The second-order valence-electron chi connectivity index (χ2n) is 4.56. The molecule has 0 atom stereocenters. The molecule has 0 aliphatic heterocycles. The molecule has 2 rings (SSSR count). The SMILES string of the molecule is CCc1cccnc1CNCc1cc(OC)ccc1O. The van der Waals surface area contributed by atoms with Gasteiger partial charge in [0.1, 0.15) is 11.5 Å². The second kappa shape index (κ2) is 6.91. The van der Waals surface area contributed by atoms with E-state index in [2.05, 4.69) is 23.3 Å². The standard InChI is InChI=1S/C16H20N2O2/c1-3-12-5-4-8-18-15(12)11-17-10-13-9-14(20-2)6-7-16(13)19/h4-9,17,19H,3,10-11H2,1-2H3. The predicted molar refractivity (Wildman–Crippen MR) is 78.8 cm³/mol. The van der Waals surface area contributed by atoms with E-state index in [9.17, 15) is 5.11 Å². The predicted octanol–water partition coefficient (Wildman–Crippen LogP) is 2.65. The Kier molecular flexibility index (Phi) is 4.96. The molecule has 0 radical (unpaired) electrons. The van der Waals surface area contributed by atoms with Crippen LogP contribution in [0.15, 0.2) is 36.5 Å². The van der Waals surface area contributed by atoms with Crippen LogP contribution in [0.1, 0.15) is 23.7 Å². The van der Waals surface area contributed by atoms with E-state index in [-0.39, 0.29) is 5.75 Å². The maximum absolute atomic E-state index is 9.82. The number of aromatic nitrogens is 1. The number of benzene rings is 1. The van der Waals surface area contributed by atoms with Crippen molar-refractivity contribution in [3.05, 3.63) is 53.3 Å². The van der Waals surface area contributed by atoms with Crippen molar-refractivity contribution in [1.29, 1.82) is 0 Å². The van der Waals surface area contributed by atoms with Crippen LogP contribution >= 0.6 is 0 Å². The summed E-state index contributed by atoms with van der Waals surface area (Å²) in [7, 11) is 1.62. The van der Waals surface area contributed by atoms with Gasteiger partial charge in [0, 0.05) is 24.8 Å². The molecule has 0 bridgehead atoms. The van der Waals surface area contributed by atoms with Crippen molar-refractivity contribution >= 4 is 0 Å². The molecule has 0 fully saturated rings. The number of hydrogen-bond acceptors (Lipinski definition) is 4. The number of nitrogens with zero attached hydrogens (tertiary/aromatic N) is 1. The van der Waals surface area contributed by atoms with E-state index in [0.29, 0.717) is 13.1 Å². The molecular formula is C16H20N2O2. The number of aryl methyl sites for hydroxylation is 1. The lowest BCUT2D eigenvalue weighted by Crippen LogP contribution is -2.15. The first kappa shape index (κ1) is 14.3. The van der Waals surface area contributed by atoms with Crippen LogP contribution < -0.4 is 10.1 Å². The number of rotatable bonds is 6. The molecule has 0 spiro atoms. The molecule has 0 saturated heterocycles. The lowest BCUT2D eigenvalue weighted by Gasteiger charge is -2.10. The summed E-state index contributed by atoms with van der Waals surface area (Å²) >= 11 is 0. The van der Waals surface area contributed by atoms with Crippen molar-refractivity contribution in [1.82, 2.24) is 10.3 Å². The Morgan fingerprint density at radius 3 is 2.80 bits per heavy atom. The molecule has 1 aromatic heterocycles. The highest BCUT2D eigenvalue weighted by molar-refractivity contribution is 5.39. The van der Waals surface area contributed by atoms with Gasteiger partial charge in [-0.3, -0.25) is 4.98 Å². The summed E-state index contributed by atoms with van der Waals surface area (Å²) in [5, 5.41) is 13.1. The fraction of sp³-hybridized carbons (Fsp3) is 0.312. The van der Waals surface area contributed by atoms with Crippen molar-refractivity contribution in [2.45, 2.75) is 26.4 Å². The molecule has 4 nitrogen and oxygen atoms in total. The maximum atomic E-state index is 9.82. The second-order valence-corrected chi connectivity index (χ2v) is 4.56. The summed E-state index contributed by atoms with van der Waals surface area (Å²) < 4.78 is 5.16. The minimum atomic E-state index is 0.273. The van der Waals surface area contributed by atoms with Gasteiger partial charge in [-0.15, -0.1) is 0 Å². The maximum Gasteiger partial charge on any atom is 0.120 e. The van der Waals surface area contributed by atoms with Gasteiger partial charge in [-0.05, 0) is 36.2 Å². The van der Waals surface area contributed by atoms with Crippen molar-refractivity contribution in [2.75, 3.05) is 7.11 Å². The number of methoxy groups -OCH3 is 1. The van der Waals surface area contributed by atoms with Crippen LogP contribution in [0.4, 0.5) is 0 Å². The molecular weight excluding hydrogens is 252 g/mol. The third kappa shape index (κ3) is 3.48. The fourth-order valence-corrected chi connectivity index (χ4v) is 2.10. The highest BCUT2D eigenvalue weighted by atomic mass is 16.5. The highest BCUT2D eigenvalue weighted by Crippen LogP contribution is 2.22. The summed E-state index contributed by atoms with van der Waals surface area (Å²) in [6, 6.07) is 9.27. The van der Waals surface area contributed by atoms with Gasteiger partial charge >= 0.3 is 0 Å². The van der Waals surface area contributed by atoms with Crippen molar-refractivity contribution in [3.8, 4) is 11.5 Å². The summed E-state index contributed by atoms with van der Waals surface area (Å²) in [6.07, 6.45) is 2.77. The average Bonchev–Trinajstić information content (AvgIpc) is 2.49. The summed E-state index contributed by atoms with van der Waals surface area (Å²) in [5.41, 5.74) is 3.12. The van der Waals surface area contributed by atoms with Crippen LogP contribution in [0, 0.1) is 0 Å². The molecule has 4 heteroatoms. The van der Waals surface area contributed by atoms with E-state index in [1.54, 1.807) is 25.4 Å². The summed E-state index contributed by atoms with van der Waals surface area (Å²) in [5.74, 6) is 1.02. The van der Waals surface area contributed by atoms with E-state index in [1.807, 2.05) is 12.1 Å². The minimum Gasteiger partial charge on any atom is -0.508 e. The Labute approximate surface area is 119 Å². The smallest absolute Gasteiger partial charge is 0.120 e. The number of aromatic hydroxyl groups is 1. The van der Waals surface area contributed by atoms with Gasteiger partial charge in [0.25, 0.3) is 0 Å². The van der Waals surface area contributed by atoms with E-state index in [0.717, 1.165) is 23.4 Å². The van der Waals surface area contributed by atoms with Gasteiger partial charge < -0.3 is 15.2 Å². The van der Waals surface area contributed by atoms with Crippen LogP contribution in [-0.4, -0.2) is 17.2 Å². The highest BCUT2D eigenvalue weighted by Gasteiger charge is 2.05. The Hall–Kier alpha value is -2.07. The van der Waals surface area contributed by atoms with E-state index < -0.39 is 0 Å². The van der Waals surface area contributed by atoms with Crippen LogP contribution in [-0.2, 0) is 19.5 Å². The summed E-state index contributed by atoms with van der Waals surface area (Å²) in [4.78, 5) is 4.39. The van der Waals surface area contributed by atoms with Crippen LogP contribution in [0.2, 0.25) is 0 Å². The largest absolute Gasteiger partial charge is 0.508 e. The molecule has 0 saturated carbocycles. The monoisotopic (exact) mass is 272 g/mol. The van der Waals surface area contributed by atoms with Gasteiger partial charge in [-0.2, -0.15) is 0 Å². The van der Waals surface area contributed by atoms with Gasteiger partial charge in [0.05, 0.1) is 12.8 Å². The number of hydrogen-bond donors (Lipinski definition) is 2. The molecule has 106 valence electrons. The first-order chi connectivity index (χ1) is 9.74. The Bertz CT molecular complexity index is 570. The Morgan fingerprint density at radius 1 is 1.20 bits per heavy atom. The molecule has 0 aliphatic rings. The van der Waals surface area contributed by atoms with Gasteiger partial charge in [0.15, 0.2) is 0 Å². The van der Waals surface area contributed by atoms with E-state index in [1.165, 1.54) is 5.56 Å². The molecule has 20 heavy (non-hydrogen) atoms. The molecule has 0 aliphatic carbocycles. The molecule has 0 amide bonds. The zero-order chi connectivity index (χ0) is 14.4. The molecule has 2 aromatic rings. The first-order valence-corrected chi connectivity index (χ1v) is 6.74. The zero-order valence-electron chi connectivity index (χ0n) is 11.9. The third-order valence-corrected chi connectivity index (χ3v) is 3.26. The van der Waals surface area contributed by atoms with Crippen LogP contribution in [0.5, 0.6) is 11.5 Å². The average molecular weight is 272 g/mol. The molecule has 1 aromatic carbocycles. The van der Waals surface area contributed by atoms with Gasteiger partial charge in [0.2, 0.25) is 0 Å². The molecule has 1 heterocycles. The van der Waals surface area contributed by atoms with E-state index >= 15 is 0 Å². The number of phenolic OH excluding ortho intramolecular Hbond substituents is 1. The van der Waals surface area contributed by atoms with Gasteiger partial charge in [-0.25, -0.2) is 0 Å². The number of pyridine rings is 1. The molecule has 2 N–H and O–H groups in total. The Morgan fingerprint density at radius 2 is 2.05 bits per heavy atom. The fourth-order valence-electron chi connectivity index (χ4n) is 2.10. The zero-order valence-corrected chi connectivity index (χ0v) is 11.9. The number of phenols is 1. The summed E-state index contributed by atoms with van der Waals surface area (Å²) in [6.45, 7) is 3.37. The number of nitrogens with one attached hydrogen (secondary N) is 1. The van der Waals surface area contributed by atoms with Crippen LogP contribution in [0.3, 0.4) is 0 Å². The first-order valence-electron chi connectivity index (χ1n) is 6.74. The quantitative estimate of drug-likeness (QED) is 0.849. The van der Waals surface area contributed by atoms with Crippen molar-refractivity contribution in [3.63, 3.8) is 0 Å². The minimum absolute atomic E-state index is 0.273. The lowest BCUT2D eigenvalue weighted by atomic mass is 10.1. The van der Waals surface area contributed by atoms with Gasteiger partial charge in [-0.1, -0.05) is 13.0 Å². The lowest BCUT2D eigenvalue weighted by molar-refractivity contribution is 0.410.